The van der Waals surface area contributed by atoms with Gasteiger partial charge in [-0.2, -0.15) is 0 Å². The van der Waals surface area contributed by atoms with Gasteiger partial charge in [-0.05, 0) is 30.5 Å². The summed E-state index contributed by atoms with van der Waals surface area (Å²) in [6.45, 7) is 2.34. The summed E-state index contributed by atoms with van der Waals surface area (Å²) in [6.07, 6.45) is 0. The highest BCUT2D eigenvalue weighted by Gasteiger charge is 2.36. The van der Waals surface area contributed by atoms with Crippen molar-refractivity contribution in [1.82, 2.24) is 4.90 Å². The van der Waals surface area contributed by atoms with Gasteiger partial charge in [-0.1, -0.05) is 18.2 Å². The lowest BCUT2D eigenvalue weighted by Gasteiger charge is -2.37. The van der Waals surface area contributed by atoms with Crippen molar-refractivity contribution in [3.63, 3.8) is 0 Å². The fourth-order valence-corrected chi connectivity index (χ4v) is 3.12. The molecule has 1 aromatic carbocycles. The van der Waals surface area contributed by atoms with Crippen LogP contribution in [0.5, 0.6) is 0 Å². The maximum atomic E-state index is 12.2. The highest BCUT2D eigenvalue weighted by Crippen LogP contribution is 2.22. The third kappa shape index (κ3) is 3.32. The van der Waals surface area contributed by atoms with Crippen LogP contribution in [0, 0.1) is 5.92 Å². The number of anilines is 1. The van der Waals surface area contributed by atoms with E-state index in [0.29, 0.717) is 29.2 Å². The molecule has 2 heterocycles. The molecule has 2 aromatic rings. The zero-order valence-electron chi connectivity index (χ0n) is 12.6. The van der Waals surface area contributed by atoms with Gasteiger partial charge in [-0.25, -0.2) is 0 Å². The number of carbonyl (C=O) groups is 3. The molecule has 1 aromatic heterocycles. The van der Waals surface area contributed by atoms with Crippen LogP contribution in [0.15, 0.2) is 41.8 Å². The van der Waals surface area contributed by atoms with Gasteiger partial charge in [0.25, 0.3) is 5.91 Å². The summed E-state index contributed by atoms with van der Waals surface area (Å²) in [4.78, 5) is 38.0. The summed E-state index contributed by atoms with van der Waals surface area (Å²) in [5, 5.41) is 4.67. The zero-order chi connectivity index (χ0) is 16.4. The number of nitrogens with one attached hydrogen (secondary N) is 1. The molecule has 5 nitrogen and oxygen atoms in total. The molecule has 0 radical (unpaired) electrons. The Morgan fingerprint density at radius 3 is 2.61 bits per heavy atom. The minimum atomic E-state index is -0.208. The quantitative estimate of drug-likeness (QED) is 0.878. The first kappa shape index (κ1) is 15.4. The highest BCUT2D eigenvalue weighted by atomic mass is 32.1. The first-order valence-electron chi connectivity index (χ1n) is 7.29. The van der Waals surface area contributed by atoms with E-state index in [1.165, 1.54) is 18.3 Å². The van der Waals surface area contributed by atoms with Crippen LogP contribution in [-0.2, 0) is 4.79 Å². The molecule has 0 saturated carbocycles. The molecule has 118 valence electrons. The number of nitrogens with zero attached hydrogens (tertiary/aromatic N) is 1. The maximum Gasteiger partial charge on any atom is 0.263 e. The molecule has 1 saturated heterocycles. The average Bonchev–Trinajstić information content (AvgIpc) is 3.00. The van der Waals surface area contributed by atoms with Crippen molar-refractivity contribution in [2.45, 2.75) is 6.92 Å². The van der Waals surface area contributed by atoms with E-state index in [1.54, 1.807) is 35.2 Å². The van der Waals surface area contributed by atoms with Crippen molar-refractivity contribution in [3.8, 4) is 0 Å². The SMILES string of the molecule is CC(=O)c1cccc(NC(=O)C2CN(C(=O)c3cccs3)C2)c1. The van der Waals surface area contributed by atoms with Crippen LogP contribution in [0.25, 0.3) is 0 Å². The molecule has 0 unspecified atom stereocenters. The Hall–Kier alpha value is -2.47. The molecule has 6 heteroatoms. The number of thiophene rings is 1. The van der Waals surface area contributed by atoms with Gasteiger partial charge in [-0.15, -0.1) is 11.3 Å². The number of likely N-dealkylation sites (tertiary alicyclic amines) is 1. The zero-order valence-corrected chi connectivity index (χ0v) is 13.4. The molecule has 1 N–H and O–H groups in total. The summed E-state index contributed by atoms with van der Waals surface area (Å²) in [7, 11) is 0. The van der Waals surface area contributed by atoms with E-state index in [0.717, 1.165) is 0 Å². The van der Waals surface area contributed by atoms with Gasteiger partial charge in [0.15, 0.2) is 5.78 Å². The van der Waals surface area contributed by atoms with Crippen molar-refractivity contribution in [2.24, 2.45) is 5.92 Å². The fourth-order valence-electron chi connectivity index (χ4n) is 2.43. The van der Waals surface area contributed by atoms with Gasteiger partial charge in [0.05, 0.1) is 10.8 Å². The summed E-state index contributed by atoms with van der Waals surface area (Å²) in [5.41, 5.74) is 1.16. The second-order valence-corrected chi connectivity index (χ2v) is 6.46. The number of hydrogen-bond donors (Lipinski definition) is 1. The molecule has 1 aliphatic rings. The molecule has 1 fully saturated rings. The summed E-state index contributed by atoms with van der Waals surface area (Å²) < 4.78 is 0. The molecule has 0 bridgehead atoms. The number of amides is 2. The predicted molar refractivity (Wildman–Crippen MR) is 88.8 cm³/mol. The van der Waals surface area contributed by atoms with Gasteiger partial charge in [0, 0.05) is 24.3 Å². The van der Waals surface area contributed by atoms with Crippen LogP contribution in [0.3, 0.4) is 0 Å². The summed E-state index contributed by atoms with van der Waals surface area (Å²) in [5.74, 6) is -0.402. The van der Waals surface area contributed by atoms with E-state index < -0.39 is 0 Å². The van der Waals surface area contributed by atoms with E-state index in [1.807, 2.05) is 11.4 Å². The molecule has 1 aliphatic heterocycles. The minimum absolute atomic E-state index is 0.0253. The molecule has 2 amide bonds. The van der Waals surface area contributed by atoms with Crippen LogP contribution in [0.2, 0.25) is 0 Å². The number of benzene rings is 1. The standard InChI is InChI=1S/C17H16N2O3S/c1-11(20)12-4-2-5-14(8-12)18-16(21)13-9-19(10-13)17(22)15-6-3-7-23-15/h2-8,13H,9-10H2,1H3,(H,18,21). The molecular weight excluding hydrogens is 312 g/mol. The van der Waals surface area contributed by atoms with E-state index in [4.69, 9.17) is 0 Å². The molecule has 0 spiro atoms. The fraction of sp³-hybridized carbons (Fsp3) is 0.235. The van der Waals surface area contributed by atoms with Gasteiger partial charge in [0.1, 0.15) is 0 Å². The van der Waals surface area contributed by atoms with Crippen LogP contribution in [-0.4, -0.2) is 35.6 Å². The third-order valence-corrected chi connectivity index (χ3v) is 4.67. The van der Waals surface area contributed by atoms with E-state index in [9.17, 15) is 14.4 Å². The number of rotatable bonds is 4. The normalized spacial score (nSPS) is 14.2. The smallest absolute Gasteiger partial charge is 0.263 e. The summed E-state index contributed by atoms with van der Waals surface area (Å²) in [6, 6.07) is 10.5. The van der Waals surface area contributed by atoms with E-state index >= 15 is 0 Å². The van der Waals surface area contributed by atoms with Crippen molar-refractivity contribution < 1.29 is 14.4 Å². The monoisotopic (exact) mass is 328 g/mol. The lowest BCUT2D eigenvalue weighted by molar-refractivity contribution is -0.123. The van der Waals surface area contributed by atoms with Crippen molar-refractivity contribution in [1.29, 1.82) is 0 Å². The lowest BCUT2D eigenvalue weighted by atomic mass is 9.98. The Bertz CT molecular complexity index is 749. The Morgan fingerprint density at radius 2 is 1.96 bits per heavy atom. The van der Waals surface area contributed by atoms with Gasteiger partial charge in [-0.3, -0.25) is 14.4 Å². The Kier molecular flexibility index (Phi) is 4.25. The van der Waals surface area contributed by atoms with Crippen LogP contribution in [0.1, 0.15) is 27.0 Å². The number of ketones is 1. The van der Waals surface area contributed by atoms with E-state index in [-0.39, 0.29) is 23.5 Å². The van der Waals surface area contributed by atoms with Crippen molar-refractivity contribution in [2.75, 3.05) is 18.4 Å². The van der Waals surface area contributed by atoms with Gasteiger partial charge in [0.2, 0.25) is 5.91 Å². The number of Topliss-reactive ketones (excluding diaryl/α,β-unsaturated/α-hetero) is 1. The van der Waals surface area contributed by atoms with Crippen molar-refractivity contribution in [3.05, 3.63) is 52.2 Å². The van der Waals surface area contributed by atoms with Crippen LogP contribution >= 0.6 is 11.3 Å². The first-order chi connectivity index (χ1) is 11.0. The average molecular weight is 328 g/mol. The molecule has 3 rings (SSSR count). The third-order valence-electron chi connectivity index (χ3n) is 3.81. The van der Waals surface area contributed by atoms with Crippen LogP contribution < -0.4 is 5.32 Å². The van der Waals surface area contributed by atoms with Crippen molar-refractivity contribution >= 4 is 34.6 Å². The Morgan fingerprint density at radius 1 is 1.17 bits per heavy atom. The molecular formula is C17H16N2O3S. The number of hydrogen-bond acceptors (Lipinski definition) is 4. The van der Waals surface area contributed by atoms with Gasteiger partial charge >= 0.3 is 0 Å². The summed E-state index contributed by atoms with van der Waals surface area (Å²) >= 11 is 1.40. The van der Waals surface area contributed by atoms with Crippen LogP contribution in [0.4, 0.5) is 5.69 Å². The molecule has 0 atom stereocenters. The van der Waals surface area contributed by atoms with E-state index in [2.05, 4.69) is 5.32 Å². The first-order valence-corrected chi connectivity index (χ1v) is 8.17. The maximum absolute atomic E-state index is 12.2. The minimum Gasteiger partial charge on any atom is -0.336 e. The second kappa shape index (κ2) is 6.34. The van der Waals surface area contributed by atoms with Gasteiger partial charge < -0.3 is 10.2 Å². The topological polar surface area (TPSA) is 66.5 Å². The predicted octanol–water partition coefficient (Wildman–Crippen LogP) is 2.66. The second-order valence-electron chi connectivity index (χ2n) is 5.51. The Labute approximate surface area is 137 Å². The Balaban J connectivity index is 1.56. The molecule has 0 aliphatic carbocycles. The highest BCUT2D eigenvalue weighted by molar-refractivity contribution is 7.12. The number of carbonyl (C=O) groups excluding carboxylic acids is 3. The lowest BCUT2D eigenvalue weighted by Crippen LogP contribution is -2.54. The molecule has 23 heavy (non-hydrogen) atoms. The largest absolute Gasteiger partial charge is 0.336 e.